The van der Waals surface area contributed by atoms with Gasteiger partial charge in [0.15, 0.2) is 5.84 Å². The van der Waals surface area contributed by atoms with Gasteiger partial charge in [-0.15, -0.1) is 0 Å². The van der Waals surface area contributed by atoms with E-state index in [4.69, 9.17) is 25.4 Å². The second-order valence-corrected chi connectivity index (χ2v) is 6.31. The number of hydrogen-bond donors (Lipinski definition) is 2. The molecule has 3 N–H and O–H groups in total. The highest BCUT2D eigenvalue weighted by molar-refractivity contribution is 6.11. The van der Waals surface area contributed by atoms with Crippen LogP contribution >= 0.6 is 0 Å². The lowest BCUT2D eigenvalue weighted by Gasteiger charge is -2.29. The van der Waals surface area contributed by atoms with Crippen molar-refractivity contribution < 1.29 is 19.0 Å². The number of rotatable bonds is 2. The van der Waals surface area contributed by atoms with Crippen molar-refractivity contribution in [3.8, 4) is 6.07 Å². The first kappa shape index (κ1) is 17.0. The number of carbonyl (C=O) groups is 1. The van der Waals surface area contributed by atoms with Crippen LogP contribution in [-0.4, -0.2) is 36.5 Å². The van der Waals surface area contributed by atoms with Crippen molar-refractivity contribution in [3.63, 3.8) is 0 Å². The number of fused-ring (bicyclic) bond motifs is 1. The first-order valence-corrected chi connectivity index (χ1v) is 8.17. The minimum absolute atomic E-state index is 0.00523. The zero-order chi connectivity index (χ0) is 18.4. The number of nitriles is 1. The number of amidine groups is 1. The molecule has 1 saturated heterocycles. The Hall–Kier alpha value is -2.82. The van der Waals surface area contributed by atoms with Crippen LogP contribution in [0.3, 0.4) is 0 Å². The Kier molecular flexibility index (Phi) is 4.03. The lowest BCUT2D eigenvalue weighted by atomic mass is 9.78. The summed E-state index contributed by atoms with van der Waals surface area (Å²) in [5.41, 5.74) is 5.22. The highest BCUT2D eigenvalue weighted by Crippen LogP contribution is 2.46. The Morgan fingerprint density at radius 3 is 2.68 bits per heavy atom. The molecule has 8 heteroatoms. The van der Waals surface area contributed by atoms with Crippen LogP contribution in [0.15, 0.2) is 27.6 Å². The molecular formula is C17H20N4O4. The molecule has 0 aromatic rings. The molecule has 8 nitrogen and oxygen atoms in total. The van der Waals surface area contributed by atoms with Gasteiger partial charge >= 0.3 is 5.97 Å². The van der Waals surface area contributed by atoms with Gasteiger partial charge in [-0.05, 0) is 20.8 Å². The van der Waals surface area contributed by atoms with E-state index < -0.39 is 11.4 Å². The van der Waals surface area contributed by atoms with Gasteiger partial charge in [-0.1, -0.05) is 0 Å². The largest absolute Gasteiger partial charge is 0.492 e. The van der Waals surface area contributed by atoms with Crippen molar-refractivity contribution in [3.05, 3.63) is 22.6 Å². The highest BCUT2D eigenvalue weighted by atomic mass is 16.5. The summed E-state index contributed by atoms with van der Waals surface area (Å²) in [6.07, 6.45) is 0.222. The molecule has 3 unspecified atom stereocenters. The summed E-state index contributed by atoms with van der Waals surface area (Å²) in [6, 6.07) is 2.01. The molecule has 0 aromatic carbocycles. The highest BCUT2D eigenvalue weighted by Gasteiger charge is 2.55. The van der Waals surface area contributed by atoms with Gasteiger partial charge < -0.3 is 19.9 Å². The summed E-state index contributed by atoms with van der Waals surface area (Å²) >= 11 is 0. The summed E-state index contributed by atoms with van der Waals surface area (Å²) in [5.74, 6) is -0.654. The molecule has 0 radical (unpaired) electrons. The third-order valence-corrected chi connectivity index (χ3v) is 4.47. The van der Waals surface area contributed by atoms with Gasteiger partial charge in [0.1, 0.15) is 11.9 Å². The van der Waals surface area contributed by atoms with E-state index in [9.17, 15) is 10.1 Å². The second kappa shape index (κ2) is 5.92. The fourth-order valence-corrected chi connectivity index (χ4v) is 3.33. The fraction of sp³-hybridized carbons (Fsp3) is 0.529. The maximum absolute atomic E-state index is 12.8. The Bertz CT molecular complexity index is 789. The normalized spacial score (nSPS) is 34.0. The number of nitrogens with one attached hydrogen (secondary N) is 1. The standard InChI is InChI=1S/C17H20N4O4/c1-4-23-16(22)17(7-18)12(19)10-5-9(3)25-15(10)21-14(20)11-6-8(2)24-13(11)17/h8-9,20H,4-6,19H2,1-3H3/b12-10+,20-14?,21-15?. The van der Waals surface area contributed by atoms with Crippen LogP contribution in [0.5, 0.6) is 0 Å². The van der Waals surface area contributed by atoms with E-state index in [1.165, 1.54) is 0 Å². The van der Waals surface area contributed by atoms with Crippen LogP contribution in [0, 0.1) is 22.2 Å². The zero-order valence-corrected chi connectivity index (χ0v) is 14.4. The van der Waals surface area contributed by atoms with Crippen molar-refractivity contribution in [2.24, 2.45) is 16.1 Å². The Morgan fingerprint density at radius 1 is 1.40 bits per heavy atom. The number of nitrogens with zero attached hydrogens (tertiary/aromatic N) is 2. The van der Waals surface area contributed by atoms with Crippen molar-refractivity contribution in [2.75, 3.05) is 6.61 Å². The van der Waals surface area contributed by atoms with Gasteiger partial charge in [-0.2, -0.15) is 10.3 Å². The monoisotopic (exact) mass is 344 g/mol. The van der Waals surface area contributed by atoms with Crippen LogP contribution in [0.25, 0.3) is 0 Å². The lowest BCUT2D eigenvalue weighted by molar-refractivity contribution is -0.150. The third-order valence-electron chi connectivity index (χ3n) is 4.47. The number of nitrogens with two attached hydrogens (primary N) is 1. The van der Waals surface area contributed by atoms with E-state index in [-0.39, 0.29) is 42.0 Å². The molecule has 132 valence electrons. The predicted molar refractivity (Wildman–Crippen MR) is 88.4 cm³/mol. The van der Waals surface area contributed by atoms with E-state index in [0.29, 0.717) is 24.0 Å². The summed E-state index contributed by atoms with van der Waals surface area (Å²) < 4.78 is 16.6. The van der Waals surface area contributed by atoms with Crippen molar-refractivity contribution in [1.82, 2.24) is 0 Å². The second-order valence-electron chi connectivity index (χ2n) is 6.31. The van der Waals surface area contributed by atoms with Crippen molar-refractivity contribution in [1.29, 1.82) is 10.7 Å². The summed E-state index contributed by atoms with van der Waals surface area (Å²) in [6.45, 7) is 5.36. The molecule has 25 heavy (non-hydrogen) atoms. The molecule has 0 saturated carbocycles. The van der Waals surface area contributed by atoms with Crippen LogP contribution < -0.4 is 5.73 Å². The van der Waals surface area contributed by atoms with E-state index in [1.54, 1.807) is 13.8 Å². The van der Waals surface area contributed by atoms with Crippen LogP contribution in [-0.2, 0) is 19.0 Å². The molecule has 3 aliphatic heterocycles. The Labute approximate surface area is 145 Å². The Morgan fingerprint density at radius 2 is 2.04 bits per heavy atom. The topological polar surface area (TPSA) is 131 Å². The molecule has 0 aliphatic carbocycles. The predicted octanol–water partition coefficient (Wildman–Crippen LogP) is 1.53. The van der Waals surface area contributed by atoms with Crippen LogP contribution in [0.4, 0.5) is 0 Å². The molecule has 3 rings (SSSR count). The van der Waals surface area contributed by atoms with E-state index >= 15 is 0 Å². The zero-order valence-electron chi connectivity index (χ0n) is 14.4. The molecule has 3 aliphatic rings. The van der Waals surface area contributed by atoms with Crippen LogP contribution in [0.2, 0.25) is 0 Å². The SMILES string of the molecule is CCOC(=O)C1(C#N)C2=C(CC(C)O2)C(=N)N=C2OC(C)C/C2=C/1N. The average molecular weight is 344 g/mol. The lowest BCUT2D eigenvalue weighted by Crippen LogP contribution is -2.42. The number of aliphatic imine (C=N–C) groups is 1. The molecule has 1 fully saturated rings. The molecular weight excluding hydrogens is 324 g/mol. The smallest absolute Gasteiger partial charge is 0.340 e. The molecule has 0 bridgehead atoms. The van der Waals surface area contributed by atoms with Gasteiger partial charge in [-0.25, -0.2) is 4.79 Å². The number of hydrogen-bond acceptors (Lipinski definition) is 7. The first-order valence-electron chi connectivity index (χ1n) is 8.17. The maximum atomic E-state index is 12.8. The molecule has 3 atom stereocenters. The third kappa shape index (κ3) is 2.38. The van der Waals surface area contributed by atoms with Gasteiger partial charge in [0, 0.05) is 24.0 Å². The van der Waals surface area contributed by atoms with Crippen molar-refractivity contribution in [2.45, 2.75) is 45.8 Å². The number of carbonyl (C=O) groups excluding carboxylic acids is 1. The van der Waals surface area contributed by atoms with E-state index in [0.717, 1.165) is 0 Å². The van der Waals surface area contributed by atoms with Gasteiger partial charge in [0.25, 0.3) is 5.41 Å². The Balaban J connectivity index is 2.32. The first-order chi connectivity index (χ1) is 11.8. The van der Waals surface area contributed by atoms with E-state index in [1.807, 2.05) is 13.0 Å². The minimum Gasteiger partial charge on any atom is -0.492 e. The number of ether oxygens (including phenoxy) is 3. The summed E-state index contributed by atoms with van der Waals surface area (Å²) in [7, 11) is 0. The molecule has 0 spiro atoms. The number of esters is 1. The fourth-order valence-electron chi connectivity index (χ4n) is 3.33. The van der Waals surface area contributed by atoms with Crippen molar-refractivity contribution >= 4 is 17.7 Å². The van der Waals surface area contributed by atoms with Gasteiger partial charge in [0.05, 0.1) is 24.5 Å². The van der Waals surface area contributed by atoms with Gasteiger partial charge in [0.2, 0.25) is 5.90 Å². The average Bonchev–Trinajstić information content (AvgIpc) is 3.11. The minimum atomic E-state index is -1.94. The quantitative estimate of drug-likeness (QED) is 0.730. The van der Waals surface area contributed by atoms with Gasteiger partial charge in [-0.3, -0.25) is 5.41 Å². The van der Waals surface area contributed by atoms with E-state index in [2.05, 4.69) is 4.99 Å². The van der Waals surface area contributed by atoms with Crippen LogP contribution in [0.1, 0.15) is 33.6 Å². The molecule has 0 aromatic heterocycles. The summed E-state index contributed by atoms with van der Waals surface area (Å²) in [4.78, 5) is 17.1. The molecule has 0 amide bonds. The molecule has 3 heterocycles. The summed E-state index contributed by atoms with van der Waals surface area (Å²) in [5, 5.41) is 18.3. The maximum Gasteiger partial charge on any atom is 0.340 e.